The average molecular weight is 514 g/mol. The van der Waals surface area contributed by atoms with Crippen LogP contribution in [0.5, 0.6) is 0 Å². The third kappa shape index (κ3) is 5.62. The number of rotatable bonds is 7. The molecule has 0 spiro atoms. The predicted molar refractivity (Wildman–Crippen MR) is 144 cm³/mol. The highest BCUT2D eigenvalue weighted by molar-refractivity contribution is 6.04. The molecule has 2 aliphatic rings. The Labute approximate surface area is 223 Å². The van der Waals surface area contributed by atoms with Gasteiger partial charge in [0.2, 0.25) is 0 Å². The molecule has 1 N–H and O–H groups in total. The van der Waals surface area contributed by atoms with Crippen LogP contribution in [0, 0.1) is 24.2 Å². The highest BCUT2D eigenvalue weighted by Crippen LogP contribution is 2.38. The van der Waals surface area contributed by atoms with Crippen molar-refractivity contribution in [3.63, 3.8) is 0 Å². The maximum absolute atomic E-state index is 13.1. The van der Waals surface area contributed by atoms with Crippen molar-refractivity contribution in [2.45, 2.75) is 57.9 Å². The number of carbonyl (C=O) groups excluding carboxylic acids is 1. The molecule has 1 saturated carbocycles. The van der Waals surface area contributed by atoms with Gasteiger partial charge in [-0.25, -0.2) is 9.67 Å². The van der Waals surface area contributed by atoms with Crippen molar-refractivity contribution in [3.05, 3.63) is 65.4 Å². The number of pyridine rings is 2. The van der Waals surface area contributed by atoms with Crippen LogP contribution in [-0.2, 0) is 11.2 Å². The van der Waals surface area contributed by atoms with Gasteiger partial charge in [0.15, 0.2) is 5.82 Å². The van der Waals surface area contributed by atoms with E-state index < -0.39 is 0 Å². The van der Waals surface area contributed by atoms with Crippen molar-refractivity contribution in [2.75, 3.05) is 31.6 Å². The zero-order valence-corrected chi connectivity index (χ0v) is 22.1. The second kappa shape index (κ2) is 11.8. The minimum absolute atomic E-state index is 0.0512. The van der Waals surface area contributed by atoms with E-state index in [1.807, 2.05) is 31.3 Å². The lowest BCUT2D eigenvalue weighted by molar-refractivity contribution is 0.0000694. The third-order valence-electron chi connectivity index (χ3n) is 7.75. The van der Waals surface area contributed by atoms with E-state index in [9.17, 15) is 10.1 Å². The summed E-state index contributed by atoms with van der Waals surface area (Å²) in [7, 11) is 0. The molecule has 3 aromatic heterocycles. The summed E-state index contributed by atoms with van der Waals surface area (Å²) in [4.78, 5) is 24.8. The van der Waals surface area contributed by atoms with Crippen LogP contribution in [-0.4, -0.2) is 62.9 Å². The molecule has 1 aliphatic heterocycles. The number of hydrogen-bond acceptors (Lipinski definition) is 7. The summed E-state index contributed by atoms with van der Waals surface area (Å²) in [5.41, 5.74) is 4.00. The Kier molecular flexibility index (Phi) is 8.11. The Bertz CT molecular complexity index is 1270. The molecule has 3 aromatic rings. The highest BCUT2D eigenvalue weighted by atomic mass is 16.5. The molecule has 1 amide bonds. The fraction of sp³-hybridized carbons (Fsp3) is 0.483. The minimum Gasteiger partial charge on any atom is -0.379 e. The van der Waals surface area contributed by atoms with E-state index in [0.717, 1.165) is 69.8 Å². The second-order valence-corrected chi connectivity index (χ2v) is 10.2. The van der Waals surface area contributed by atoms with E-state index in [4.69, 9.17) is 9.72 Å². The van der Waals surface area contributed by atoms with Gasteiger partial charge in [0, 0.05) is 42.9 Å². The largest absolute Gasteiger partial charge is 0.379 e. The quantitative estimate of drug-likeness (QED) is 0.502. The lowest BCUT2D eigenvalue weighted by atomic mass is 9.76. The SMILES string of the molecule is CCCc1ccc(-n2ncc(C(=O)Nc3ccc(C4CC(C#N)CCC4N4CCOCC4)nc3)c2C)nc1. The topological polar surface area (TPSA) is 109 Å². The van der Waals surface area contributed by atoms with Gasteiger partial charge in [-0.05, 0) is 56.4 Å². The van der Waals surface area contributed by atoms with Crippen molar-refractivity contribution >= 4 is 11.6 Å². The zero-order valence-electron chi connectivity index (χ0n) is 22.1. The zero-order chi connectivity index (χ0) is 26.5. The van der Waals surface area contributed by atoms with Crippen LogP contribution in [0.4, 0.5) is 5.69 Å². The smallest absolute Gasteiger partial charge is 0.259 e. The van der Waals surface area contributed by atoms with Crippen molar-refractivity contribution in [1.29, 1.82) is 5.26 Å². The van der Waals surface area contributed by atoms with E-state index in [1.54, 1.807) is 17.1 Å². The first kappa shape index (κ1) is 26.0. The Morgan fingerprint density at radius 3 is 2.66 bits per heavy atom. The molecule has 4 heterocycles. The molecule has 1 aliphatic carbocycles. The molecule has 3 unspecified atom stereocenters. The Morgan fingerprint density at radius 1 is 1.13 bits per heavy atom. The molecular formula is C29H35N7O2. The standard InChI is InChI=1S/C29H35N7O2/c1-3-4-21-6-10-28(32-17-21)36-20(2)25(19-33-36)29(37)34-23-7-8-26(31-18-23)24-15-22(16-30)5-9-27(24)35-11-13-38-14-12-35/h6-8,10,17-19,22,24,27H,3-5,9,11-15H2,1-2H3,(H,34,37). The van der Waals surface area contributed by atoms with Gasteiger partial charge in [-0.2, -0.15) is 10.4 Å². The van der Waals surface area contributed by atoms with E-state index >= 15 is 0 Å². The monoisotopic (exact) mass is 513 g/mol. The van der Waals surface area contributed by atoms with Crippen LogP contribution in [0.25, 0.3) is 5.82 Å². The number of aryl methyl sites for hydroxylation is 1. The number of hydrogen-bond donors (Lipinski definition) is 1. The molecule has 0 bridgehead atoms. The van der Waals surface area contributed by atoms with Crippen molar-refractivity contribution in [3.8, 4) is 11.9 Å². The first-order valence-corrected chi connectivity index (χ1v) is 13.6. The summed E-state index contributed by atoms with van der Waals surface area (Å²) >= 11 is 0. The molecule has 1 saturated heterocycles. The molecule has 0 radical (unpaired) electrons. The molecule has 2 fully saturated rings. The molecule has 0 aromatic carbocycles. The maximum Gasteiger partial charge on any atom is 0.259 e. The molecule has 9 heteroatoms. The summed E-state index contributed by atoms with van der Waals surface area (Å²) in [5, 5.41) is 16.9. The van der Waals surface area contributed by atoms with E-state index in [2.05, 4.69) is 39.4 Å². The van der Waals surface area contributed by atoms with Crippen LogP contribution < -0.4 is 5.32 Å². The third-order valence-corrected chi connectivity index (χ3v) is 7.75. The van der Waals surface area contributed by atoms with Gasteiger partial charge in [0.1, 0.15) is 0 Å². The fourth-order valence-electron chi connectivity index (χ4n) is 5.67. The number of aromatic nitrogens is 4. The van der Waals surface area contributed by atoms with Crippen molar-refractivity contribution in [2.24, 2.45) is 5.92 Å². The summed E-state index contributed by atoms with van der Waals surface area (Å²) in [6, 6.07) is 10.7. The van der Waals surface area contributed by atoms with Crippen LogP contribution in [0.3, 0.4) is 0 Å². The van der Waals surface area contributed by atoms with Gasteiger partial charge in [0.05, 0.1) is 48.6 Å². The Hall–Kier alpha value is -3.61. The summed E-state index contributed by atoms with van der Waals surface area (Å²) < 4.78 is 7.24. The lowest BCUT2D eigenvalue weighted by Gasteiger charge is -2.42. The normalized spacial score (nSPS) is 22.1. The van der Waals surface area contributed by atoms with Gasteiger partial charge in [-0.15, -0.1) is 0 Å². The number of nitrogens with zero attached hydrogens (tertiary/aromatic N) is 6. The van der Waals surface area contributed by atoms with Gasteiger partial charge in [0.25, 0.3) is 5.91 Å². The Balaban J connectivity index is 1.28. The van der Waals surface area contributed by atoms with E-state index in [0.29, 0.717) is 23.1 Å². The second-order valence-electron chi connectivity index (χ2n) is 10.2. The van der Waals surface area contributed by atoms with Gasteiger partial charge < -0.3 is 10.1 Å². The number of nitriles is 1. The molecule has 3 atom stereocenters. The molecule has 9 nitrogen and oxygen atoms in total. The van der Waals surface area contributed by atoms with Gasteiger partial charge in [-0.3, -0.25) is 14.7 Å². The van der Waals surface area contributed by atoms with Gasteiger partial charge >= 0.3 is 0 Å². The van der Waals surface area contributed by atoms with Gasteiger partial charge in [-0.1, -0.05) is 19.4 Å². The molecular weight excluding hydrogens is 478 g/mol. The summed E-state index contributed by atoms with van der Waals surface area (Å²) in [5.74, 6) is 0.688. The van der Waals surface area contributed by atoms with Crippen LogP contribution in [0.15, 0.2) is 42.9 Å². The lowest BCUT2D eigenvalue weighted by Crippen LogP contribution is -2.48. The summed E-state index contributed by atoms with van der Waals surface area (Å²) in [6.07, 6.45) is 9.93. The minimum atomic E-state index is -0.237. The number of ether oxygens (including phenoxy) is 1. The first-order chi connectivity index (χ1) is 18.6. The van der Waals surface area contributed by atoms with Crippen LogP contribution in [0.1, 0.15) is 65.8 Å². The molecule has 38 heavy (non-hydrogen) atoms. The number of morpholine rings is 1. The fourth-order valence-corrected chi connectivity index (χ4v) is 5.67. The van der Waals surface area contributed by atoms with Crippen LogP contribution >= 0.6 is 0 Å². The average Bonchev–Trinajstić information content (AvgIpc) is 3.35. The summed E-state index contributed by atoms with van der Waals surface area (Å²) in [6.45, 7) is 7.34. The van der Waals surface area contributed by atoms with E-state index in [-0.39, 0.29) is 17.7 Å². The number of nitrogens with one attached hydrogen (secondary N) is 1. The molecule has 5 rings (SSSR count). The maximum atomic E-state index is 13.1. The number of carbonyl (C=O) groups is 1. The molecule has 198 valence electrons. The highest BCUT2D eigenvalue weighted by Gasteiger charge is 2.36. The van der Waals surface area contributed by atoms with E-state index in [1.165, 1.54) is 5.56 Å². The van der Waals surface area contributed by atoms with Crippen molar-refractivity contribution < 1.29 is 9.53 Å². The number of amides is 1. The Morgan fingerprint density at radius 2 is 1.97 bits per heavy atom. The van der Waals surface area contributed by atoms with Crippen molar-refractivity contribution in [1.82, 2.24) is 24.6 Å². The number of anilines is 1. The predicted octanol–water partition coefficient (Wildman–Crippen LogP) is 4.28. The first-order valence-electron chi connectivity index (χ1n) is 13.6. The van der Waals surface area contributed by atoms with Crippen LogP contribution in [0.2, 0.25) is 0 Å².